The van der Waals surface area contributed by atoms with Crippen LogP contribution in [0.4, 0.5) is 4.39 Å². The number of carbonyl (C=O) groups is 2. The van der Waals surface area contributed by atoms with Crippen molar-refractivity contribution < 1.29 is 18.7 Å². The van der Waals surface area contributed by atoms with Crippen LogP contribution in [0.1, 0.15) is 35.2 Å². The molecular weight excluding hydrogens is 347 g/mol. The van der Waals surface area contributed by atoms with E-state index in [1.54, 1.807) is 36.4 Å². The van der Waals surface area contributed by atoms with Crippen molar-refractivity contribution >= 4 is 11.8 Å². The molecule has 3 rings (SSSR count). The van der Waals surface area contributed by atoms with Crippen LogP contribution in [-0.4, -0.2) is 36.4 Å². The number of likely N-dealkylation sites (tertiary alicyclic amines) is 1. The Morgan fingerprint density at radius 3 is 2.44 bits per heavy atom. The van der Waals surface area contributed by atoms with E-state index in [-0.39, 0.29) is 30.8 Å². The van der Waals surface area contributed by atoms with Gasteiger partial charge in [0.2, 0.25) is 0 Å². The summed E-state index contributed by atoms with van der Waals surface area (Å²) in [5, 5.41) is 2.72. The lowest BCUT2D eigenvalue weighted by Gasteiger charge is -2.27. The van der Waals surface area contributed by atoms with Crippen LogP contribution in [0.25, 0.3) is 0 Å². The second-order valence-electron chi connectivity index (χ2n) is 6.54. The van der Waals surface area contributed by atoms with E-state index in [4.69, 9.17) is 4.74 Å². The van der Waals surface area contributed by atoms with Gasteiger partial charge < -0.3 is 15.0 Å². The Balaban J connectivity index is 1.55. The smallest absolute Gasteiger partial charge is 0.258 e. The topological polar surface area (TPSA) is 58.6 Å². The monoisotopic (exact) mass is 370 g/mol. The summed E-state index contributed by atoms with van der Waals surface area (Å²) in [4.78, 5) is 26.6. The third-order valence-electron chi connectivity index (χ3n) is 4.52. The van der Waals surface area contributed by atoms with Crippen molar-refractivity contribution in [2.75, 3.05) is 19.7 Å². The van der Waals surface area contributed by atoms with Crippen molar-refractivity contribution in [1.82, 2.24) is 10.2 Å². The molecule has 2 aromatic rings. The van der Waals surface area contributed by atoms with E-state index in [1.807, 2.05) is 4.90 Å². The molecule has 1 heterocycles. The highest BCUT2D eigenvalue weighted by Crippen LogP contribution is 2.22. The quantitative estimate of drug-likeness (QED) is 0.850. The van der Waals surface area contributed by atoms with Crippen molar-refractivity contribution in [2.45, 2.75) is 25.8 Å². The van der Waals surface area contributed by atoms with Gasteiger partial charge in [-0.15, -0.1) is 0 Å². The van der Waals surface area contributed by atoms with Gasteiger partial charge >= 0.3 is 0 Å². The van der Waals surface area contributed by atoms with Gasteiger partial charge in [-0.05, 0) is 49.1 Å². The zero-order chi connectivity index (χ0) is 19.1. The van der Waals surface area contributed by atoms with E-state index < -0.39 is 0 Å². The van der Waals surface area contributed by atoms with Gasteiger partial charge in [-0.2, -0.15) is 0 Å². The van der Waals surface area contributed by atoms with E-state index in [0.29, 0.717) is 11.3 Å². The number of nitrogens with zero attached hydrogens (tertiary/aromatic N) is 1. The van der Waals surface area contributed by atoms with Crippen LogP contribution < -0.4 is 10.1 Å². The average Bonchev–Trinajstić information content (AvgIpc) is 2.72. The number of nitrogens with one attached hydrogen (secondary N) is 1. The van der Waals surface area contributed by atoms with Crippen LogP contribution in [0.3, 0.4) is 0 Å². The maximum Gasteiger partial charge on any atom is 0.258 e. The van der Waals surface area contributed by atoms with Gasteiger partial charge in [-0.3, -0.25) is 9.59 Å². The van der Waals surface area contributed by atoms with Crippen LogP contribution in [-0.2, 0) is 11.3 Å². The van der Waals surface area contributed by atoms with E-state index in [9.17, 15) is 14.0 Å². The van der Waals surface area contributed by atoms with Gasteiger partial charge in [0.05, 0.1) is 5.56 Å². The summed E-state index contributed by atoms with van der Waals surface area (Å²) in [5.41, 5.74) is 1.27. The Morgan fingerprint density at radius 1 is 1.00 bits per heavy atom. The molecule has 0 aromatic heterocycles. The number of carbonyl (C=O) groups excluding carboxylic acids is 2. The van der Waals surface area contributed by atoms with Crippen molar-refractivity contribution in [2.24, 2.45) is 0 Å². The minimum absolute atomic E-state index is 0.0583. The molecule has 0 saturated carbocycles. The standard InChI is InChI=1S/C21H23FN2O3/c22-17-10-8-16(9-11-17)14-23-20(25)15-27-19-7-3-2-6-18(19)21(26)24-12-4-1-5-13-24/h2-3,6-11H,1,4-5,12-15H2,(H,23,25). The minimum Gasteiger partial charge on any atom is -0.483 e. The molecule has 0 unspecified atom stereocenters. The predicted octanol–water partition coefficient (Wildman–Crippen LogP) is 3.15. The molecule has 2 aromatic carbocycles. The van der Waals surface area contributed by atoms with Crippen LogP contribution in [0.15, 0.2) is 48.5 Å². The maximum absolute atomic E-state index is 12.9. The first kappa shape index (κ1) is 18.9. The van der Waals surface area contributed by atoms with E-state index >= 15 is 0 Å². The highest BCUT2D eigenvalue weighted by atomic mass is 19.1. The summed E-state index contributed by atoms with van der Waals surface area (Å²) >= 11 is 0. The van der Waals surface area contributed by atoms with Gasteiger partial charge in [0.15, 0.2) is 6.61 Å². The molecule has 1 aliphatic heterocycles. The maximum atomic E-state index is 12.9. The summed E-state index contributed by atoms with van der Waals surface area (Å²) in [7, 11) is 0. The molecule has 1 saturated heterocycles. The molecule has 142 valence electrons. The van der Waals surface area contributed by atoms with Gasteiger partial charge in [-0.1, -0.05) is 24.3 Å². The van der Waals surface area contributed by atoms with Crippen molar-refractivity contribution in [3.05, 3.63) is 65.5 Å². The minimum atomic E-state index is -0.316. The zero-order valence-corrected chi connectivity index (χ0v) is 15.1. The van der Waals surface area contributed by atoms with Crippen molar-refractivity contribution in [3.8, 4) is 5.75 Å². The highest BCUT2D eigenvalue weighted by Gasteiger charge is 2.21. The Bertz CT molecular complexity index is 786. The van der Waals surface area contributed by atoms with E-state index in [1.165, 1.54) is 12.1 Å². The molecule has 2 amide bonds. The number of hydrogen-bond acceptors (Lipinski definition) is 3. The van der Waals surface area contributed by atoms with Crippen LogP contribution in [0.5, 0.6) is 5.75 Å². The number of halogens is 1. The van der Waals surface area contributed by atoms with Crippen molar-refractivity contribution in [3.63, 3.8) is 0 Å². The Labute approximate surface area is 158 Å². The van der Waals surface area contributed by atoms with Gasteiger partial charge in [0.25, 0.3) is 11.8 Å². The Hall–Kier alpha value is -2.89. The fourth-order valence-electron chi connectivity index (χ4n) is 3.03. The second kappa shape index (κ2) is 9.16. The van der Waals surface area contributed by atoms with E-state index in [0.717, 1.165) is 37.9 Å². The second-order valence-corrected chi connectivity index (χ2v) is 6.54. The first-order valence-corrected chi connectivity index (χ1v) is 9.16. The third kappa shape index (κ3) is 5.29. The lowest BCUT2D eigenvalue weighted by Crippen LogP contribution is -2.36. The number of hydrogen-bond donors (Lipinski definition) is 1. The molecule has 1 aliphatic rings. The normalized spacial score (nSPS) is 13.9. The first-order chi connectivity index (χ1) is 13.1. The molecular formula is C21H23FN2O3. The number of benzene rings is 2. The number of para-hydroxylation sites is 1. The van der Waals surface area contributed by atoms with Gasteiger partial charge in [0, 0.05) is 19.6 Å². The van der Waals surface area contributed by atoms with Crippen LogP contribution >= 0.6 is 0 Å². The Morgan fingerprint density at radius 2 is 1.70 bits per heavy atom. The van der Waals surface area contributed by atoms with Gasteiger partial charge in [-0.25, -0.2) is 4.39 Å². The highest BCUT2D eigenvalue weighted by molar-refractivity contribution is 5.97. The molecule has 1 N–H and O–H groups in total. The number of piperidine rings is 1. The third-order valence-corrected chi connectivity index (χ3v) is 4.52. The van der Waals surface area contributed by atoms with Gasteiger partial charge in [0.1, 0.15) is 11.6 Å². The molecule has 5 nitrogen and oxygen atoms in total. The lowest BCUT2D eigenvalue weighted by atomic mass is 10.1. The SMILES string of the molecule is O=C(COc1ccccc1C(=O)N1CCCCC1)NCc1ccc(F)cc1. The molecule has 6 heteroatoms. The number of rotatable bonds is 6. The van der Waals surface area contributed by atoms with E-state index in [2.05, 4.69) is 5.32 Å². The van der Waals surface area contributed by atoms with Crippen LogP contribution in [0, 0.1) is 5.82 Å². The fraction of sp³-hybridized carbons (Fsp3) is 0.333. The number of amides is 2. The summed E-state index contributed by atoms with van der Waals surface area (Å²) < 4.78 is 18.5. The number of ether oxygens (including phenoxy) is 1. The molecule has 0 aliphatic carbocycles. The molecule has 0 spiro atoms. The predicted molar refractivity (Wildman–Crippen MR) is 99.9 cm³/mol. The largest absolute Gasteiger partial charge is 0.483 e. The molecule has 1 fully saturated rings. The molecule has 0 atom stereocenters. The molecule has 27 heavy (non-hydrogen) atoms. The summed E-state index contributed by atoms with van der Waals surface area (Å²) in [6, 6.07) is 12.9. The Kier molecular flexibility index (Phi) is 6.41. The summed E-state index contributed by atoms with van der Waals surface area (Å²) in [6.07, 6.45) is 3.18. The average molecular weight is 370 g/mol. The van der Waals surface area contributed by atoms with Crippen molar-refractivity contribution in [1.29, 1.82) is 0 Å². The summed E-state index contributed by atoms with van der Waals surface area (Å²) in [5.74, 6) is -0.273. The fourth-order valence-corrected chi connectivity index (χ4v) is 3.03. The zero-order valence-electron chi connectivity index (χ0n) is 15.1. The lowest BCUT2D eigenvalue weighted by molar-refractivity contribution is -0.123. The molecule has 0 bridgehead atoms. The first-order valence-electron chi connectivity index (χ1n) is 9.16. The van der Waals surface area contributed by atoms with Crippen LogP contribution in [0.2, 0.25) is 0 Å². The summed E-state index contributed by atoms with van der Waals surface area (Å²) in [6.45, 7) is 1.61. The molecule has 0 radical (unpaired) electrons.